The summed E-state index contributed by atoms with van der Waals surface area (Å²) in [7, 11) is 0. The van der Waals surface area contributed by atoms with Crippen LogP contribution in [0, 0.1) is 0 Å². The minimum Gasteiger partial charge on any atom is -0.395 e. The average molecular weight is 277 g/mol. The van der Waals surface area contributed by atoms with Crippen molar-refractivity contribution in [3.8, 4) is 0 Å². The van der Waals surface area contributed by atoms with Crippen molar-refractivity contribution in [2.45, 2.75) is 6.54 Å². The fraction of sp³-hybridized carbons (Fsp3) is 0.429. The highest BCUT2D eigenvalue weighted by Crippen LogP contribution is 2.06. The Morgan fingerprint density at radius 2 is 2.10 bits per heavy atom. The molecule has 0 saturated carbocycles. The van der Waals surface area contributed by atoms with Gasteiger partial charge in [0.1, 0.15) is 0 Å². The third-order valence-corrected chi connectivity index (χ3v) is 3.18. The van der Waals surface area contributed by atoms with E-state index in [1.165, 1.54) is 4.90 Å². The van der Waals surface area contributed by atoms with Crippen molar-refractivity contribution in [1.29, 1.82) is 0 Å². The first kappa shape index (κ1) is 14.5. The maximum absolute atomic E-state index is 12.1. The van der Waals surface area contributed by atoms with Crippen LogP contribution >= 0.6 is 0 Å². The second-order valence-corrected chi connectivity index (χ2v) is 4.70. The summed E-state index contributed by atoms with van der Waals surface area (Å²) < 4.78 is 0. The lowest BCUT2D eigenvalue weighted by atomic mass is 10.2. The monoisotopic (exact) mass is 277 g/mol. The quantitative estimate of drug-likeness (QED) is 0.769. The molecule has 3 amide bonds. The van der Waals surface area contributed by atoms with Gasteiger partial charge in [-0.05, 0) is 5.56 Å². The van der Waals surface area contributed by atoms with Gasteiger partial charge in [-0.3, -0.25) is 14.6 Å². The molecule has 0 radical (unpaired) electrons. The van der Waals surface area contributed by atoms with Gasteiger partial charge in [0.2, 0.25) is 5.91 Å². The van der Waals surface area contributed by atoms with Crippen molar-refractivity contribution in [3.05, 3.63) is 35.9 Å². The van der Waals surface area contributed by atoms with Crippen LogP contribution in [0.25, 0.3) is 0 Å². The molecule has 1 aliphatic heterocycles. The zero-order valence-electron chi connectivity index (χ0n) is 11.3. The van der Waals surface area contributed by atoms with Gasteiger partial charge in [0, 0.05) is 26.2 Å². The maximum atomic E-state index is 12.1. The van der Waals surface area contributed by atoms with Crippen molar-refractivity contribution in [3.63, 3.8) is 0 Å². The lowest BCUT2D eigenvalue weighted by molar-refractivity contribution is -0.129. The number of imide groups is 1. The first-order valence-electron chi connectivity index (χ1n) is 6.66. The number of carbonyl (C=O) groups is 2. The van der Waals surface area contributed by atoms with Crippen LogP contribution in [0.1, 0.15) is 5.56 Å². The predicted molar refractivity (Wildman–Crippen MR) is 73.9 cm³/mol. The molecule has 2 rings (SSSR count). The van der Waals surface area contributed by atoms with E-state index in [-0.39, 0.29) is 25.1 Å². The fourth-order valence-electron chi connectivity index (χ4n) is 2.18. The molecule has 0 aliphatic carbocycles. The molecule has 1 saturated heterocycles. The summed E-state index contributed by atoms with van der Waals surface area (Å²) in [6.07, 6.45) is 0. The normalized spacial score (nSPS) is 14.7. The van der Waals surface area contributed by atoms with E-state index in [0.717, 1.165) is 5.56 Å². The van der Waals surface area contributed by atoms with E-state index in [0.29, 0.717) is 26.2 Å². The van der Waals surface area contributed by atoms with Crippen LogP contribution in [-0.4, -0.2) is 59.6 Å². The molecule has 6 nitrogen and oxygen atoms in total. The summed E-state index contributed by atoms with van der Waals surface area (Å²) in [5.41, 5.74) is 1.07. The van der Waals surface area contributed by atoms with Gasteiger partial charge in [0.05, 0.1) is 13.2 Å². The highest BCUT2D eigenvalue weighted by Gasteiger charge is 2.27. The number of aliphatic hydroxyl groups is 1. The third-order valence-electron chi connectivity index (χ3n) is 3.18. The van der Waals surface area contributed by atoms with Crippen molar-refractivity contribution in [1.82, 2.24) is 15.1 Å². The Morgan fingerprint density at radius 3 is 2.70 bits per heavy atom. The Balaban J connectivity index is 1.95. The molecule has 6 heteroatoms. The number of aliphatic hydroxyl groups excluding tert-OH is 1. The second-order valence-electron chi connectivity index (χ2n) is 4.70. The molecular formula is C14H19N3O3. The lowest BCUT2D eigenvalue weighted by Crippen LogP contribution is -2.42. The van der Waals surface area contributed by atoms with Crippen LogP contribution in [0.5, 0.6) is 0 Å². The Morgan fingerprint density at radius 1 is 1.35 bits per heavy atom. The summed E-state index contributed by atoms with van der Waals surface area (Å²) in [6.45, 7) is 1.99. The molecule has 108 valence electrons. The minimum atomic E-state index is -0.335. The van der Waals surface area contributed by atoms with E-state index in [1.54, 1.807) is 0 Å². The number of rotatable bonds is 6. The smallest absolute Gasteiger partial charge is 0.324 e. The van der Waals surface area contributed by atoms with Gasteiger partial charge >= 0.3 is 6.03 Å². The minimum absolute atomic E-state index is 0.0215. The molecule has 20 heavy (non-hydrogen) atoms. The summed E-state index contributed by atoms with van der Waals surface area (Å²) in [4.78, 5) is 26.6. The van der Waals surface area contributed by atoms with E-state index < -0.39 is 0 Å². The van der Waals surface area contributed by atoms with Crippen LogP contribution in [-0.2, 0) is 11.3 Å². The summed E-state index contributed by atoms with van der Waals surface area (Å²) >= 11 is 0. The highest BCUT2D eigenvalue weighted by atomic mass is 16.3. The number of hydrogen-bond donors (Lipinski definition) is 2. The van der Waals surface area contributed by atoms with Gasteiger partial charge in [-0.25, -0.2) is 4.79 Å². The molecule has 0 unspecified atom stereocenters. The number of nitrogens with zero attached hydrogens (tertiary/aromatic N) is 2. The van der Waals surface area contributed by atoms with E-state index in [9.17, 15) is 9.59 Å². The number of amides is 3. The molecule has 1 aliphatic rings. The van der Waals surface area contributed by atoms with Crippen molar-refractivity contribution in [2.75, 3.05) is 32.8 Å². The number of benzene rings is 1. The van der Waals surface area contributed by atoms with Crippen molar-refractivity contribution in [2.24, 2.45) is 0 Å². The van der Waals surface area contributed by atoms with E-state index >= 15 is 0 Å². The fourth-order valence-corrected chi connectivity index (χ4v) is 2.18. The molecule has 0 bridgehead atoms. The van der Waals surface area contributed by atoms with Gasteiger partial charge < -0.3 is 10.4 Å². The van der Waals surface area contributed by atoms with Crippen LogP contribution in [0.3, 0.4) is 0 Å². The number of hydrogen-bond acceptors (Lipinski definition) is 4. The molecule has 1 fully saturated rings. The molecule has 1 aromatic carbocycles. The molecule has 0 aromatic heterocycles. The molecule has 1 heterocycles. The van der Waals surface area contributed by atoms with Gasteiger partial charge in [-0.1, -0.05) is 30.3 Å². The molecule has 0 atom stereocenters. The number of urea groups is 1. The van der Waals surface area contributed by atoms with Crippen LogP contribution < -0.4 is 5.32 Å². The van der Waals surface area contributed by atoms with Crippen LogP contribution in [0.4, 0.5) is 4.79 Å². The number of carbonyl (C=O) groups excluding carboxylic acids is 2. The zero-order valence-corrected chi connectivity index (χ0v) is 11.3. The van der Waals surface area contributed by atoms with Gasteiger partial charge in [-0.15, -0.1) is 0 Å². The average Bonchev–Trinajstić information content (AvgIpc) is 2.86. The Bertz CT molecular complexity index is 464. The molecule has 0 spiro atoms. The maximum Gasteiger partial charge on any atom is 0.324 e. The van der Waals surface area contributed by atoms with Crippen molar-refractivity contribution >= 4 is 11.9 Å². The largest absolute Gasteiger partial charge is 0.395 e. The SMILES string of the molecule is O=C(CN(CCO)Cc1ccccc1)N1CCNC1=O. The highest BCUT2D eigenvalue weighted by molar-refractivity contribution is 5.96. The van der Waals surface area contributed by atoms with Gasteiger partial charge in [0.25, 0.3) is 0 Å². The van der Waals surface area contributed by atoms with Crippen LogP contribution in [0.2, 0.25) is 0 Å². The van der Waals surface area contributed by atoms with Crippen molar-refractivity contribution < 1.29 is 14.7 Å². The van der Waals surface area contributed by atoms with Gasteiger partial charge in [0.15, 0.2) is 0 Å². The molecule has 1 aromatic rings. The standard InChI is InChI=1S/C14H19N3O3/c18-9-8-16(10-12-4-2-1-3-5-12)11-13(19)17-7-6-15-14(17)20/h1-5,18H,6-11H2,(H,15,20). The van der Waals surface area contributed by atoms with Crippen LogP contribution in [0.15, 0.2) is 30.3 Å². The summed E-state index contributed by atoms with van der Waals surface area (Å²) in [6, 6.07) is 9.40. The van der Waals surface area contributed by atoms with Gasteiger partial charge in [-0.2, -0.15) is 0 Å². The zero-order chi connectivity index (χ0) is 14.4. The lowest BCUT2D eigenvalue weighted by Gasteiger charge is -2.23. The predicted octanol–water partition coefficient (Wildman–Crippen LogP) is 0.0327. The Labute approximate surface area is 118 Å². The molecular weight excluding hydrogens is 258 g/mol. The van der Waals surface area contributed by atoms with E-state index in [2.05, 4.69) is 5.32 Å². The van der Waals surface area contributed by atoms with E-state index in [4.69, 9.17) is 5.11 Å². The molecule has 2 N–H and O–H groups in total. The third kappa shape index (κ3) is 3.79. The first-order valence-corrected chi connectivity index (χ1v) is 6.66. The first-order chi connectivity index (χ1) is 9.70. The summed E-state index contributed by atoms with van der Waals surface area (Å²) in [5, 5.41) is 11.7. The Hall–Kier alpha value is -1.92. The summed E-state index contributed by atoms with van der Waals surface area (Å²) in [5.74, 6) is -0.232. The van der Waals surface area contributed by atoms with E-state index in [1.807, 2.05) is 35.2 Å². The second kappa shape index (κ2) is 7.02. The Kier molecular flexibility index (Phi) is 5.09. The topological polar surface area (TPSA) is 72.9 Å². The number of nitrogens with one attached hydrogen (secondary N) is 1.